The summed E-state index contributed by atoms with van der Waals surface area (Å²) in [6.07, 6.45) is 2.88. The molecule has 0 spiro atoms. The van der Waals surface area contributed by atoms with E-state index in [1.54, 1.807) is 0 Å². The molecule has 0 aromatic carbocycles. The molecule has 1 unspecified atom stereocenters. The van der Waals surface area contributed by atoms with Crippen molar-refractivity contribution in [3.63, 3.8) is 0 Å². The average Bonchev–Trinajstić information content (AvgIpc) is 2.17. The van der Waals surface area contributed by atoms with E-state index in [1.807, 2.05) is 7.11 Å². The number of hydrogen-bond donors (Lipinski definition) is 1. The van der Waals surface area contributed by atoms with Crippen LogP contribution in [-0.4, -0.2) is 44.3 Å². The van der Waals surface area contributed by atoms with E-state index in [4.69, 9.17) is 10.5 Å². The highest BCUT2D eigenvalue weighted by Crippen LogP contribution is 2.19. The molecule has 2 N–H and O–H groups in total. The summed E-state index contributed by atoms with van der Waals surface area (Å²) in [7, 11) is 1.81. The summed E-state index contributed by atoms with van der Waals surface area (Å²) >= 11 is 0. The number of ether oxygens (including phenoxy) is 1. The van der Waals surface area contributed by atoms with Crippen LogP contribution in [0.1, 0.15) is 26.7 Å². The molecule has 3 nitrogen and oxygen atoms in total. The number of nitrogens with zero attached hydrogens (tertiary/aromatic N) is 1. The van der Waals surface area contributed by atoms with Crippen molar-refractivity contribution in [3.05, 3.63) is 0 Å². The quantitative estimate of drug-likeness (QED) is 0.738. The van der Waals surface area contributed by atoms with Crippen molar-refractivity contribution in [3.8, 4) is 0 Å². The zero-order chi connectivity index (χ0) is 10.6. The third-order valence-electron chi connectivity index (χ3n) is 3.00. The number of piperidine rings is 1. The summed E-state index contributed by atoms with van der Waals surface area (Å²) in [6.45, 7) is 8.56. The molecule has 1 atom stereocenters. The molecule has 0 saturated carbocycles. The van der Waals surface area contributed by atoms with Crippen molar-refractivity contribution in [1.29, 1.82) is 0 Å². The molecule has 3 heteroatoms. The van der Waals surface area contributed by atoms with Crippen molar-refractivity contribution in [2.45, 2.75) is 32.8 Å². The number of rotatable bonds is 4. The van der Waals surface area contributed by atoms with Gasteiger partial charge in [0.1, 0.15) is 0 Å². The fraction of sp³-hybridized carbons (Fsp3) is 1.00. The Morgan fingerprint density at radius 1 is 1.50 bits per heavy atom. The van der Waals surface area contributed by atoms with Crippen molar-refractivity contribution < 1.29 is 4.74 Å². The van der Waals surface area contributed by atoms with Crippen LogP contribution in [0.3, 0.4) is 0 Å². The molecule has 1 fully saturated rings. The Hall–Kier alpha value is -0.120. The normalized spacial score (nSPS) is 25.3. The molecule has 0 amide bonds. The van der Waals surface area contributed by atoms with Crippen LogP contribution in [0.15, 0.2) is 0 Å². The van der Waals surface area contributed by atoms with Crippen LogP contribution in [0.2, 0.25) is 0 Å². The number of likely N-dealkylation sites (tertiary alicyclic amines) is 1. The van der Waals surface area contributed by atoms with E-state index >= 15 is 0 Å². The first-order chi connectivity index (χ1) is 6.57. The first-order valence-electron chi connectivity index (χ1n) is 5.52. The lowest BCUT2D eigenvalue weighted by Crippen LogP contribution is -2.45. The van der Waals surface area contributed by atoms with Crippen molar-refractivity contribution >= 4 is 0 Å². The van der Waals surface area contributed by atoms with E-state index in [0.717, 1.165) is 19.6 Å². The monoisotopic (exact) mass is 200 g/mol. The highest BCUT2D eigenvalue weighted by molar-refractivity contribution is 4.79. The third kappa shape index (κ3) is 3.56. The second kappa shape index (κ2) is 5.10. The lowest BCUT2D eigenvalue weighted by molar-refractivity contribution is 0.0193. The Balaban J connectivity index is 2.37. The molecule has 84 valence electrons. The minimum absolute atomic E-state index is 0.232. The molecule has 1 heterocycles. The maximum Gasteiger partial charge on any atom is 0.0698 e. The predicted molar refractivity (Wildman–Crippen MR) is 59.3 cm³/mol. The summed E-state index contributed by atoms with van der Waals surface area (Å²) < 4.78 is 5.40. The second-order valence-electron chi connectivity index (χ2n) is 5.10. The van der Waals surface area contributed by atoms with Gasteiger partial charge < -0.3 is 15.4 Å². The Morgan fingerprint density at radius 3 is 2.79 bits per heavy atom. The standard InChI is InChI=1S/C11H24N2O/c1-11(2,8-12)9-13-6-4-5-10(7-13)14-3/h10H,4-9,12H2,1-3H3. The van der Waals surface area contributed by atoms with Crippen LogP contribution in [0.25, 0.3) is 0 Å². The van der Waals surface area contributed by atoms with Crippen LogP contribution in [-0.2, 0) is 4.74 Å². The molecule has 1 aliphatic rings. The van der Waals surface area contributed by atoms with Gasteiger partial charge in [0.15, 0.2) is 0 Å². The maximum absolute atomic E-state index is 5.73. The van der Waals surface area contributed by atoms with Crippen molar-refractivity contribution in [2.24, 2.45) is 11.1 Å². The molecule has 14 heavy (non-hydrogen) atoms. The van der Waals surface area contributed by atoms with Crippen LogP contribution in [0.5, 0.6) is 0 Å². The third-order valence-corrected chi connectivity index (χ3v) is 3.00. The molecule has 0 aromatic rings. The summed E-state index contributed by atoms with van der Waals surface area (Å²) in [6, 6.07) is 0. The Labute approximate surface area is 87.6 Å². The van der Waals surface area contributed by atoms with Gasteiger partial charge >= 0.3 is 0 Å². The van der Waals surface area contributed by atoms with E-state index in [9.17, 15) is 0 Å². The molecule has 0 radical (unpaired) electrons. The summed E-state index contributed by atoms with van der Waals surface area (Å²) in [5, 5.41) is 0. The number of methoxy groups -OCH3 is 1. The van der Waals surface area contributed by atoms with Gasteiger partial charge in [-0.05, 0) is 31.3 Å². The molecule has 1 aliphatic heterocycles. The summed E-state index contributed by atoms with van der Waals surface area (Å²) in [4.78, 5) is 2.48. The first-order valence-corrected chi connectivity index (χ1v) is 5.52. The average molecular weight is 200 g/mol. The highest BCUT2D eigenvalue weighted by atomic mass is 16.5. The lowest BCUT2D eigenvalue weighted by atomic mass is 9.92. The van der Waals surface area contributed by atoms with Crippen LogP contribution >= 0.6 is 0 Å². The predicted octanol–water partition coefficient (Wildman–Crippen LogP) is 1.08. The fourth-order valence-electron chi connectivity index (χ4n) is 2.02. The largest absolute Gasteiger partial charge is 0.380 e. The molecule has 0 aliphatic carbocycles. The summed E-state index contributed by atoms with van der Waals surface area (Å²) in [5.41, 5.74) is 5.96. The minimum atomic E-state index is 0.232. The molecular formula is C11H24N2O. The lowest BCUT2D eigenvalue weighted by Gasteiger charge is -2.37. The van der Waals surface area contributed by atoms with Crippen molar-refractivity contribution in [2.75, 3.05) is 33.3 Å². The smallest absolute Gasteiger partial charge is 0.0698 e. The molecule has 0 aromatic heterocycles. The zero-order valence-electron chi connectivity index (χ0n) is 9.75. The Kier molecular flexibility index (Phi) is 4.35. The van der Waals surface area contributed by atoms with E-state index in [0.29, 0.717) is 6.10 Å². The first kappa shape index (κ1) is 12.0. The van der Waals surface area contributed by atoms with Gasteiger partial charge in [-0.15, -0.1) is 0 Å². The minimum Gasteiger partial charge on any atom is -0.380 e. The van der Waals surface area contributed by atoms with Gasteiger partial charge in [0.2, 0.25) is 0 Å². The zero-order valence-corrected chi connectivity index (χ0v) is 9.75. The number of nitrogens with two attached hydrogens (primary N) is 1. The van der Waals surface area contributed by atoms with Gasteiger partial charge in [-0.2, -0.15) is 0 Å². The molecule has 1 rings (SSSR count). The molecular weight excluding hydrogens is 176 g/mol. The van der Waals surface area contributed by atoms with Crippen LogP contribution < -0.4 is 5.73 Å². The highest BCUT2D eigenvalue weighted by Gasteiger charge is 2.25. The molecule has 1 saturated heterocycles. The van der Waals surface area contributed by atoms with Gasteiger partial charge in [0.05, 0.1) is 6.10 Å². The van der Waals surface area contributed by atoms with Gasteiger partial charge in [-0.1, -0.05) is 13.8 Å². The van der Waals surface area contributed by atoms with E-state index in [1.165, 1.54) is 19.4 Å². The summed E-state index contributed by atoms with van der Waals surface area (Å²) in [5.74, 6) is 0. The molecule has 0 bridgehead atoms. The SMILES string of the molecule is COC1CCCN(CC(C)(C)CN)C1. The van der Waals surface area contributed by atoms with Crippen LogP contribution in [0.4, 0.5) is 0 Å². The number of hydrogen-bond acceptors (Lipinski definition) is 3. The van der Waals surface area contributed by atoms with E-state index in [-0.39, 0.29) is 5.41 Å². The van der Waals surface area contributed by atoms with E-state index in [2.05, 4.69) is 18.7 Å². The van der Waals surface area contributed by atoms with Gasteiger partial charge in [-0.25, -0.2) is 0 Å². The van der Waals surface area contributed by atoms with Gasteiger partial charge in [-0.3, -0.25) is 0 Å². The second-order valence-corrected chi connectivity index (χ2v) is 5.10. The topological polar surface area (TPSA) is 38.5 Å². The van der Waals surface area contributed by atoms with Crippen LogP contribution in [0, 0.1) is 5.41 Å². The van der Waals surface area contributed by atoms with Gasteiger partial charge in [0, 0.05) is 20.2 Å². The Bertz CT molecular complexity index is 171. The maximum atomic E-state index is 5.73. The van der Waals surface area contributed by atoms with Crippen molar-refractivity contribution in [1.82, 2.24) is 4.90 Å². The van der Waals surface area contributed by atoms with E-state index < -0.39 is 0 Å². The van der Waals surface area contributed by atoms with Gasteiger partial charge in [0.25, 0.3) is 0 Å². The fourth-order valence-corrected chi connectivity index (χ4v) is 2.02. The Morgan fingerprint density at radius 2 is 2.21 bits per heavy atom.